The first kappa shape index (κ1) is 14.2. The maximum absolute atomic E-state index is 6.03. The highest BCUT2D eigenvalue weighted by Gasteiger charge is 2.07. The molecule has 2 aromatic rings. The van der Waals surface area contributed by atoms with Crippen LogP contribution in [0, 0.1) is 0 Å². The van der Waals surface area contributed by atoms with Gasteiger partial charge >= 0.3 is 0 Å². The fourth-order valence-electron chi connectivity index (χ4n) is 1.94. The summed E-state index contributed by atoms with van der Waals surface area (Å²) in [5.41, 5.74) is 2.25. The molecule has 2 aromatic carbocycles. The van der Waals surface area contributed by atoms with Crippen LogP contribution < -0.4 is 4.74 Å². The molecular formula is C16H16Cl2O. The number of para-hydroxylation sites is 2. The Kier molecular flexibility index (Phi) is 5.56. The minimum absolute atomic E-state index is 0.587. The number of hydrogen-bond donors (Lipinski definition) is 0. The third kappa shape index (κ3) is 3.89. The van der Waals surface area contributed by atoms with Crippen LogP contribution in [0.3, 0.4) is 0 Å². The third-order valence-electron chi connectivity index (χ3n) is 2.89. The van der Waals surface area contributed by atoms with Crippen LogP contribution in [0.2, 0.25) is 0 Å². The van der Waals surface area contributed by atoms with E-state index < -0.39 is 0 Å². The van der Waals surface area contributed by atoms with Gasteiger partial charge in [-0.2, -0.15) is 0 Å². The Balaban J connectivity index is 2.25. The average Bonchev–Trinajstić information content (AvgIpc) is 2.44. The van der Waals surface area contributed by atoms with E-state index in [4.69, 9.17) is 27.9 Å². The van der Waals surface area contributed by atoms with Gasteiger partial charge in [-0.05, 0) is 36.1 Å². The monoisotopic (exact) mass is 294 g/mol. The number of hydrogen-bond acceptors (Lipinski definition) is 1. The summed E-state index contributed by atoms with van der Waals surface area (Å²) in [7, 11) is 0. The molecule has 0 N–H and O–H groups in total. The molecule has 0 unspecified atom stereocenters. The number of rotatable bonds is 6. The number of halogens is 2. The lowest BCUT2D eigenvalue weighted by Crippen LogP contribution is -1.96. The van der Waals surface area contributed by atoms with E-state index in [9.17, 15) is 0 Å². The summed E-state index contributed by atoms with van der Waals surface area (Å²) in [6.07, 6.45) is 1.60. The molecule has 100 valence electrons. The predicted octanol–water partition coefficient (Wildman–Crippen LogP) is 5.04. The Morgan fingerprint density at radius 2 is 1.11 bits per heavy atom. The molecule has 2 rings (SSSR count). The Morgan fingerprint density at radius 3 is 1.53 bits per heavy atom. The molecule has 0 bridgehead atoms. The zero-order valence-corrected chi connectivity index (χ0v) is 12.1. The molecule has 0 aliphatic carbocycles. The molecule has 0 aliphatic heterocycles. The van der Waals surface area contributed by atoms with Crippen molar-refractivity contribution in [3.8, 4) is 11.5 Å². The first-order valence-electron chi connectivity index (χ1n) is 6.30. The van der Waals surface area contributed by atoms with E-state index in [0.29, 0.717) is 11.8 Å². The van der Waals surface area contributed by atoms with Crippen molar-refractivity contribution >= 4 is 23.2 Å². The largest absolute Gasteiger partial charge is 0.457 e. The maximum Gasteiger partial charge on any atom is 0.130 e. The predicted molar refractivity (Wildman–Crippen MR) is 81.8 cm³/mol. The van der Waals surface area contributed by atoms with E-state index in [1.807, 2.05) is 48.5 Å². The molecule has 19 heavy (non-hydrogen) atoms. The van der Waals surface area contributed by atoms with Crippen LogP contribution in [-0.4, -0.2) is 11.8 Å². The molecule has 0 heterocycles. The van der Waals surface area contributed by atoms with Gasteiger partial charge in [0.25, 0.3) is 0 Å². The highest BCUT2D eigenvalue weighted by molar-refractivity contribution is 6.18. The smallest absolute Gasteiger partial charge is 0.130 e. The van der Waals surface area contributed by atoms with Crippen molar-refractivity contribution in [2.24, 2.45) is 0 Å². The Morgan fingerprint density at radius 1 is 0.684 bits per heavy atom. The second kappa shape index (κ2) is 7.42. The van der Waals surface area contributed by atoms with Crippen molar-refractivity contribution in [2.75, 3.05) is 11.8 Å². The first-order valence-corrected chi connectivity index (χ1v) is 7.37. The summed E-state index contributed by atoms with van der Waals surface area (Å²) in [5, 5.41) is 0. The van der Waals surface area contributed by atoms with E-state index in [2.05, 4.69) is 0 Å². The Bertz CT molecular complexity index is 478. The standard InChI is InChI=1S/C16H16Cl2O/c17-11-9-13-5-1-3-7-15(13)19-16-8-4-2-6-14(16)10-12-18/h1-8H,9-12H2. The maximum atomic E-state index is 6.03. The molecular weight excluding hydrogens is 279 g/mol. The third-order valence-corrected chi connectivity index (χ3v) is 3.27. The number of ether oxygens (including phenoxy) is 1. The zero-order valence-electron chi connectivity index (χ0n) is 10.6. The van der Waals surface area contributed by atoms with E-state index >= 15 is 0 Å². The summed E-state index contributed by atoms with van der Waals surface area (Å²) in [4.78, 5) is 0. The van der Waals surface area contributed by atoms with Crippen molar-refractivity contribution in [1.29, 1.82) is 0 Å². The molecule has 0 aliphatic rings. The zero-order chi connectivity index (χ0) is 13.5. The quantitative estimate of drug-likeness (QED) is 0.678. The minimum Gasteiger partial charge on any atom is -0.457 e. The number of alkyl halides is 2. The van der Waals surface area contributed by atoms with Crippen LogP contribution in [-0.2, 0) is 12.8 Å². The van der Waals surface area contributed by atoms with Crippen molar-refractivity contribution in [3.05, 3.63) is 59.7 Å². The number of aryl methyl sites for hydroxylation is 2. The lowest BCUT2D eigenvalue weighted by molar-refractivity contribution is 0.471. The highest BCUT2D eigenvalue weighted by atomic mass is 35.5. The first-order chi connectivity index (χ1) is 9.35. The summed E-state index contributed by atoms with van der Waals surface area (Å²) in [6, 6.07) is 16.0. The fourth-order valence-corrected chi connectivity index (χ4v) is 2.35. The number of benzene rings is 2. The van der Waals surface area contributed by atoms with Crippen molar-refractivity contribution < 1.29 is 4.74 Å². The summed E-state index contributed by atoms with van der Waals surface area (Å²) >= 11 is 11.6. The van der Waals surface area contributed by atoms with Gasteiger partial charge in [-0.15, -0.1) is 23.2 Å². The lowest BCUT2D eigenvalue weighted by atomic mass is 10.1. The molecule has 0 saturated heterocycles. The molecule has 0 saturated carbocycles. The summed E-state index contributed by atoms with van der Waals surface area (Å²) < 4.78 is 6.03. The van der Waals surface area contributed by atoms with Gasteiger partial charge in [0.2, 0.25) is 0 Å². The van der Waals surface area contributed by atoms with Crippen LogP contribution >= 0.6 is 23.2 Å². The van der Waals surface area contributed by atoms with Gasteiger partial charge in [0.1, 0.15) is 11.5 Å². The summed E-state index contributed by atoms with van der Waals surface area (Å²) in [5.74, 6) is 2.91. The van der Waals surface area contributed by atoms with Gasteiger partial charge in [0.05, 0.1) is 0 Å². The van der Waals surface area contributed by atoms with Crippen LogP contribution in [0.1, 0.15) is 11.1 Å². The molecule has 3 heteroatoms. The van der Waals surface area contributed by atoms with Crippen molar-refractivity contribution in [3.63, 3.8) is 0 Å². The van der Waals surface area contributed by atoms with E-state index in [1.54, 1.807) is 0 Å². The van der Waals surface area contributed by atoms with Crippen molar-refractivity contribution in [2.45, 2.75) is 12.8 Å². The van der Waals surface area contributed by atoms with Gasteiger partial charge in [-0.3, -0.25) is 0 Å². The van der Waals surface area contributed by atoms with Crippen LogP contribution in [0.4, 0.5) is 0 Å². The SMILES string of the molecule is ClCCc1ccccc1Oc1ccccc1CCCl. The minimum atomic E-state index is 0.587. The highest BCUT2D eigenvalue weighted by Crippen LogP contribution is 2.28. The van der Waals surface area contributed by atoms with Gasteiger partial charge in [0, 0.05) is 11.8 Å². The molecule has 0 atom stereocenters. The van der Waals surface area contributed by atoms with E-state index in [0.717, 1.165) is 35.5 Å². The second-order valence-electron chi connectivity index (χ2n) is 4.20. The molecule has 1 nitrogen and oxygen atoms in total. The van der Waals surface area contributed by atoms with Gasteiger partial charge in [0.15, 0.2) is 0 Å². The molecule has 0 fully saturated rings. The summed E-state index contributed by atoms with van der Waals surface area (Å²) in [6.45, 7) is 0. The Hall–Kier alpha value is -1.18. The van der Waals surface area contributed by atoms with Crippen LogP contribution in [0.5, 0.6) is 11.5 Å². The molecule has 0 aromatic heterocycles. The normalized spacial score (nSPS) is 10.4. The molecule has 0 radical (unpaired) electrons. The second-order valence-corrected chi connectivity index (χ2v) is 4.95. The Labute approximate surface area is 124 Å². The van der Waals surface area contributed by atoms with E-state index in [1.165, 1.54) is 0 Å². The van der Waals surface area contributed by atoms with Gasteiger partial charge in [-0.1, -0.05) is 36.4 Å². The van der Waals surface area contributed by atoms with Crippen molar-refractivity contribution in [1.82, 2.24) is 0 Å². The molecule has 0 amide bonds. The topological polar surface area (TPSA) is 9.23 Å². The molecule has 0 spiro atoms. The fraction of sp³-hybridized carbons (Fsp3) is 0.250. The average molecular weight is 295 g/mol. The van der Waals surface area contributed by atoms with Crippen LogP contribution in [0.15, 0.2) is 48.5 Å². The lowest BCUT2D eigenvalue weighted by Gasteiger charge is -2.13. The van der Waals surface area contributed by atoms with Crippen LogP contribution in [0.25, 0.3) is 0 Å². The van der Waals surface area contributed by atoms with Gasteiger partial charge < -0.3 is 4.74 Å². The van der Waals surface area contributed by atoms with E-state index in [-0.39, 0.29) is 0 Å². The van der Waals surface area contributed by atoms with Gasteiger partial charge in [-0.25, -0.2) is 0 Å².